The van der Waals surface area contributed by atoms with Gasteiger partial charge in [0.05, 0.1) is 5.56 Å². The second-order valence-electron chi connectivity index (χ2n) is 5.62. The van der Waals surface area contributed by atoms with Crippen molar-refractivity contribution in [2.45, 2.75) is 13.1 Å². The van der Waals surface area contributed by atoms with Crippen LogP contribution in [0, 0.1) is 0 Å². The number of carbonyl (C=O) groups is 2. The summed E-state index contributed by atoms with van der Waals surface area (Å²) < 4.78 is 0. The molecule has 1 N–H and O–H groups in total. The van der Waals surface area contributed by atoms with Crippen LogP contribution in [-0.4, -0.2) is 36.8 Å². The van der Waals surface area contributed by atoms with Crippen LogP contribution in [0.4, 0.5) is 0 Å². The van der Waals surface area contributed by atoms with E-state index in [0.717, 1.165) is 11.1 Å². The lowest BCUT2D eigenvalue weighted by Gasteiger charge is -2.22. The topological polar surface area (TPSA) is 96.3 Å². The first-order chi connectivity index (χ1) is 12.6. The average molecular weight is 348 g/mol. The van der Waals surface area contributed by atoms with Crippen LogP contribution >= 0.6 is 0 Å². The van der Waals surface area contributed by atoms with Gasteiger partial charge in [-0.1, -0.05) is 12.1 Å². The molecule has 0 aliphatic rings. The Labute approximate surface area is 150 Å². The first kappa shape index (κ1) is 17.2. The molecular weight excluding hydrogens is 332 g/mol. The quantitative estimate of drug-likeness (QED) is 0.735. The standard InChI is InChI=1S/C19H16N4O3/c24-18(17-9-16(19(25)26)5-8-22-17)23(12-14-3-1-6-20-10-14)13-15-4-2-7-21-11-15/h1-11H,12-13H2,(H,25,26). The SMILES string of the molecule is O=C(O)c1ccnc(C(=O)N(Cc2cccnc2)Cc2cccnc2)c1. The van der Waals surface area contributed by atoms with Crippen LogP contribution in [0.2, 0.25) is 0 Å². The third-order valence-electron chi connectivity index (χ3n) is 3.71. The molecule has 0 aromatic carbocycles. The van der Waals surface area contributed by atoms with Crippen LogP contribution in [0.5, 0.6) is 0 Å². The smallest absolute Gasteiger partial charge is 0.335 e. The summed E-state index contributed by atoms with van der Waals surface area (Å²) in [6, 6.07) is 9.97. The van der Waals surface area contributed by atoms with Gasteiger partial charge in [-0.15, -0.1) is 0 Å². The minimum Gasteiger partial charge on any atom is -0.478 e. The molecule has 26 heavy (non-hydrogen) atoms. The molecule has 0 aliphatic carbocycles. The molecule has 0 saturated heterocycles. The van der Waals surface area contributed by atoms with Crippen LogP contribution in [0.15, 0.2) is 67.4 Å². The summed E-state index contributed by atoms with van der Waals surface area (Å²) in [6.45, 7) is 0.640. The Morgan fingerprint density at radius 3 is 2.04 bits per heavy atom. The molecule has 3 rings (SSSR count). The largest absolute Gasteiger partial charge is 0.478 e. The highest BCUT2D eigenvalue weighted by Crippen LogP contribution is 2.13. The summed E-state index contributed by atoms with van der Waals surface area (Å²) in [5, 5.41) is 9.13. The number of aromatic carboxylic acids is 1. The Morgan fingerprint density at radius 2 is 1.54 bits per heavy atom. The lowest BCUT2D eigenvalue weighted by atomic mass is 10.1. The molecule has 0 radical (unpaired) electrons. The van der Waals surface area contributed by atoms with E-state index in [0.29, 0.717) is 13.1 Å². The van der Waals surface area contributed by atoms with E-state index in [-0.39, 0.29) is 17.2 Å². The van der Waals surface area contributed by atoms with Crippen molar-refractivity contribution in [1.29, 1.82) is 0 Å². The van der Waals surface area contributed by atoms with Crippen LogP contribution < -0.4 is 0 Å². The van der Waals surface area contributed by atoms with Gasteiger partial charge in [-0.3, -0.25) is 19.7 Å². The molecule has 7 nitrogen and oxygen atoms in total. The van der Waals surface area contributed by atoms with E-state index < -0.39 is 5.97 Å². The van der Waals surface area contributed by atoms with Gasteiger partial charge in [0.2, 0.25) is 0 Å². The van der Waals surface area contributed by atoms with E-state index in [1.165, 1.54) is 18.3 Å². The van der Waals surface area contributed by atoms with Gasteiger partial charge in [-0.2, -0.15) is 0 Å². The summed E-state index contributed by atoms with van der Waals surface area (Å²) in [6.07, 6.45) is 8.02. The van der Waals surface area contributed by atoms with Gasteiger partial charge < -0.3 is 10.0 Å². The van der Waals surface area contributed by atoms with Crippen molar-refractivity contribution < 1.29 is 14.7 Å². The molecule has 0 spiro atoms. The van der Waals surface area contributed by atoms with Crippen LogP contribution in [0.3, 0.4) is 0 Å². The third-order valence-corrected chi connectivity index (χ3v) is 3.71. The minimum atomic E-state index is -1.10. The lowest BCUT2D eigenvalue weighted by Crippen LogP contribution is -2.31. The summed E-state index contributed by atoms with van der Waals surface area (Å²) in [7, 11) is 0. The summed E-state index contributed by atoms with van der Waals surface area (Å²) >= 11 is 0. The molecular formula is C19H16N4O3. The number of nitrogens with zero attached hydrogens (tertiary/aromatic N) is 4. The molecule has 3 aromatic rings. The van der Waals surface area contributed by atoms with E-state index in [9.17, 15) is 9.59 Å². The van der Waals surface area contributed by atoms with Crippen molar-refractivity contribution in [2.75, 3.05) is 0 Å². The molecule has 7 heteroatoms. The van der Waals surface area contributed by atoms with Crippen molar-refractivity contribution in [2.24, 2.45) is 0 Å². The normalized spacial score (nSPS) is 10.3. The summed E-state index contributed by atoms with van der Waals surface area (Å²) in [5.41, 5.74) is 1.82. The number of carboxylic acids is 1. The van der Waals surface area contributed by atoms with Crippen LogP contribution in [-0.2, 0) is 13.1 Å². The number of carbonyl (C=O) groups excluding carboxylic acids is 1. The number of hydrogen-bond donors (Lipinski definition) is 1. The highest BCUT2D eigenvalue weighted by Gasteiger charge is 2.19. The van der Waals surface area contributed by atoms with Crippen molar-refractivity contribution in [3.63, 3.8) is 0 Å². The molecule has 0 unspecified atom stereocenters. The van der Waals surface area contributed by atoms with E-state index in [4.69, 9.17) is 5.11 Å². The Morgan fingerprint density at radius 1 is 0.923 bits per heavy atom. The van der Waals surface area contributed by atoms with E-state index in [1.807, 2.05) is 12.1 Å². The van der Waals surface area contributed by atoms with Crippen LogP contribution in [0.25, 0.3) is 0 Å². The number of pyridine rings is 3. The fraction of sp³-hybridized carbons (Fsp3) is 0.105. The number of amides is 1. The van der Waals surface area contributed by atoms with E-state index >= 15 is 0 Å². The first-order valence-electron chi connectivity index (χ1n) is 7.90. The highest BCUT2D eigenvalue weighted by molar-refractivity contribution is 5.95. The second kappa shape index (κ2) is 7.98. The minimum absolute atomic E-state index is 0.0195. The van der Waals surface area contributed by atoms with Gasteiger partial charge in [-0.05, 0) is 35.4 Å². The third kappa shape index (κ3) is 4.27. The Balaban J connectivity index is 1.89. The van der Waals surface area contributed by atoms with Gasteiger partial charge in [0, 0.05) is 44.1 Å². The molecule has 130 valence electrons. The maximum absolute atomic E-state index is 13.0. The lowest BCUT2D eigenvalue weighted by molar-refractivity contribution is 0.0696. The van der Waals surface area contributed by atoms with Gasteiger partial charge in [0.15, 0.2) is 0 Å². The Bertz CT molecular complexity index is 859. The number of carboxylic acid groups (broad SMARTS) is 1. The maximum Gasteiger partial charge on any atom is 0.335 e. The predicted octanol–water partition coefficient (Wildman–Crippen LogP) is 2.41. The molecule has 0 bridgehead atoms. The second-order valence-corrected chi connectivity index (χ2v) is 5.62. The molecule has 0 fully saturated rings. The fourth-order valence-electron chi connectivity index (χ4n) is 2.47. The molecule has 1 amide bonds. The zero-order chi connectivity index (χ0) is 18.4. The monoisotopic (exact) mass is 348 g/mol. The number of aromatic nitrogens is 3. The zero-order valence-electron chi connectivity index (χ0n) is 13.8. The van der Waals surface area contributed by atoms with E-state index in [1.54, 1.807) is 41.8 Å². The number of rotatable bonds is 6. The van der Waals surface area contributed by atoms with Crippen molar-refractivity contribution in [3.05, 3.63) is 89.8 Å². The summed E-state index contributed by atoms with van der Waals surface area (Å²) in [5.74, 6) is -1.46. The van der Waals surface area contributed by atoms with Gasteiger partial charge >= 0.3 is 5.97 Å². The van der Waals surface area contributed by atoms with Crippen LogP contribution in [0.1, 0.15) is 32.0 Å². The van der Waals surface area contributed by atoms with Gasteiger partial charge in [0.25, 0.3) is 5.91 Å². The van der Waals surface area contributed by atoms with Gasteiger partial charge in [-0.25, -0.2) is 4.79 Å². The predicted molar refractivity (Wildman–Crippen MR) is 93.2 cm³/mol. The fourth-order valence-corrected chi connectivity index (χ4v) is 2.47. The Hall–Kier alpha value is -3.61. The Kier molecular flexibility index (Phi) is 5.28. The molecule has 0 aliphatic heterocycles. The molecule has 3 aromatic heterocycles. The average Bonchev–Trinajstić information content (AvgIpc) is 2.68. The zero-order valence-corrected chi connectivity index (χ0v) is 13.8. The molecule has 3 heterocycles. The van der Waals surface area contributed by atoms with E-state index in [2.05, 4.69) is 15.0 Å². The maximum atomic E-state index is 13.0. The summed E-state index contributed by atoms with van der Waals surface area (Å²) in [4.78, 5) is 37.9. The molecule has 0 atom stereocenters. The van der Waals surface area contributed by atoms with Crippen molar-refractivity contribution in [1.82, 2.24) is 19.9 Å². The number of hydrogen-bond acceptors (Lipinski definition) is 5. The van der Waals surface area contributed by atoms with Crippen molar-refractivity contribution in [3.8, 4) is 0 Å². The first-order valence-corrected chi connectivity index (χ1v) is 7.90. The molecule has 0 saturated carbocycles. The van der Waals surface area contributed by atoms with Crippen molar-refractivity contribution >= 4 is 11.9 Å². The van der Waals surface area contributed by atoms with Gasteiger partial charge in [0.1, 0.15) is 5.69 Å². The highest BCUT2D eigenvalue weighted by atomic mass is 16.4.